The Bertz CT molecular complexity index is 947. The molecule has 1 atom stereocenters. The first-order chi connectivity index (χ1) is 11.5. The molecular formula is C18H17ClN2O2S. The number of nitrogens with one attached hydrogen (secondary N) is 1. The second kappa shape index (κ2) is 5.92. The first kappa shape index (κ1) is 15.7. The molecule has 6 heteroatoms. The van der Waals surface area contributed by atoms with Gasteiger partial charge < -0.3 is 4.98 Å². The molecule has 1 saturated heterocycles. The summed E-state index contributed by atoms with van der Waals surface area (Å²) in [5, 5.41) is 1.69. The van der Waals surface area contributed by atoms with Crippen LogP contribution >= 0.6 is 11.6 Å². The molecule has 1 unspecified atom stereocenters. The van der Waals surface area contributed by atoms with Crippen molar-refractivity contribution in [2.75, 3.05) is 13.1 Å². The van der Waals surface area contributed by atoms with Gasteiger partial charge in [0.25, 0.3) is 0 Å². The average Bonchev–Trinajstić information content (AvgIpc) is 3.22. The summed E-state index contributed by atoms with van der Waals surface area (Å²) in [4.78, 5) is 3.71. The monoisotopic (exact) mass is 360 g/mol. The Morgan fingerprint density at radius 2 is 1.83 bits per heavy atom. The molecule has 1 aromatic heterocycles. The summed E-state index contributed by atoms with van der Waals surface area (Å²) in [7, 11) is -3.47. The number of hydrogen-bond acceptors (Lipinski definition) is 2. The number of aromatic nitrogens is 1. The van der Waals surface area contributed by atoms with Gasteiger partial charge in [-0.15, -0.1) is 0 Å². The van der Waals surface area contributed by atoms with E-state index in [1.807, 2.05) is 18.2 Å². The Balaban J connectivity index is 1.58. The van der Waals surface area contributed by atoms with E-state index in [1.54, 1.807) is 28.6 Å². The van der Waals surface area contributed by atoms with E-state index in [0.29, 0.717) is 23.0 Å². The Morgan fingerprint density at radius 3 is 2.58 bits per heavy atom. The van der Waals surface area contributed by atoms with Gasteiger partial charge in [-0.05, 0) is 48.2 Å². The first-order valence-corrected chi connectivity index (χ1v) is 9.69. The fourth-order valence-corrected chi connectivity index (χ4v) is 4.90. The highest BCUT2D eigenvalue weighted by atomic mass is 35.5. The van der Waals surface area contributed by atoms with Crippen LogP contribution in [0.1, 0.15) is 18.0 Å². The number of benzene rings is 2. The van der Waals surface area contributed by atoms with E-state index in [2.05, 4.69) is 17.1 Å². The van der Waals surface area contributed by atoms with Crippen molar-refractivity contribution in [3.05, 3.63) is 65.3 Å². The third kappa shape index (κ3) is 2.73. The van der Waals surface area contributed by atoms with Crippen LogP contribution in [0.3, 0.4) is 0 Å². The molecule has 0 aliphatic carbocycles. The molecule has 3 aromatic rings. The maximum atomic E-state index is 12.8. The number of hydrogen-bond donors (Lipinski definition) is 1. The Kier molecular flexibility index (Phi) is 3.87. The average molecular weight is 361 g/mol. The van der Waals surface area contributed by atoms with E-state index >= 15 is 0 Å². The zero-order valence-electron chi connectivity index (χ0n) is 12.9. The van der Waals surface area contributed by atoms with Crippen molar-refractivity contribution < 1.29 is 8.42 Å². The molecule has 124 valence electrons. The van der Waals surface area contributed by atoms with E-state index in [-0.39, 0.29) is 5.92 Å². The Labute approximate surface area is 146 Å². The van der Waals surface area contributed by atoms with Gasteiger partial charge in [0.2, 0.25) is 10.0 Å². The standard InChI is InChI=1S/C18H17ClN2O2S/c19-15-5-7-16(8-6-15)24(22,23)21-10-9-14(12-21)18-11-13-3-1-2-4-17(13)20-18/h1-8,11,14,20H,9-10,12H2. The normalized spacial score (nSPS) is 19.1. The summed E-state index contributed by atoms with van der Waals surface area (Å²) < 4.78 is 27.1. The lowest BCUT2D eigenvalue weighted by molar-refractivity contribution is 0.472. The minimum Gasteiger partial charge on any atom is -0.358 e. The smallest absolute Gasteiger partial charge is 0.243 e. The zero-order chi connectivity index (χ0) is 16.7. The summed E-state index contributed by atoms with van der Waals surface area (Å²) in [6, 6.07) is 16.6. The molecule has 2 heterocycles. The third-order valence-electron chi connectivity index (χ3n) is 4.59. The molecular weight excluding hydrogens is 344 g/mol. The summed E-state index contributed by atoms with van der Waals surface area (Å²) in [6.45, 7) is 1.03. The van der Waals surface area contributed by atoms with Gasteiger partial charge in [0, 0.05) is 35.2 Å². The maximum absolute atomic E-state index is 12.8. The number of H-pyrrole nitrogens is 1. The van der Waals surface area contributed by atoms with Crippen LogP contribution in [0.5, 0.6) is 0 Å². The predicted octanol–water partition coefficient (Wildman–Crippen LogP) is 4.00. The third-order valence-corrected chi connectivity index (χ3v) is 6.72. The molecule has 1 aliphatic rings. The molecule has 0 saturated carbocycles. The molecule has 0 radical (unpaired) electrons. The highest BCUT2D eigenvalue weighted by molar-refractivity contribution is 7.89. The Morgan fingerprint density at radius 1 is 1.08 bits per heavy atom. The minimum absolute atomic E-state index is 0.194. The molecule has 0 spiro atoms. The summed E-state index contributed by atoms with van der Waals surface area (Å²) in [5.74, 6) is 0.194. The maximum Gasteiger partial charge on any atom is 0.243 e. The van der Waals surface area contributed by atoms with Gasteiger partial charge >= 0.3 is 0 Å². The summed E-state index contributed by atoms with van der Waals surface area (Å²) >= 11 is 5.85. The fourth-order valence-electron chi connectivity index (χ4n) is 3.27. The van der Waals surface area contributed by atoms with Crippen LogP contribution in [-0.2, 0) is 10.0 Å². The highest BCUT2D eigenvalue weighted by Gasteiger charge is 2.33. The van der Waals surface area contributed by atoms with Crippen molar-refractivity contribution in [1.82, 2.24) is 9.29 Å². The van der Waals surface area contributed by atoms with Gasteiger partial charge in [0.15, 0.2) is 0 Å². The van der Waals surface area contributed by atoms with Crippen molar-refractivity contribution in [2.45, 2.75) is 17.2 Å². The SMILES string of the molecule is O=S(=O)(c1ccc(Cl)cc1)N1CCC(c2cc3ccccc3[nH]2)C1. The van der Waals surface area contributed by atoms with Gasteiger partial charge in [-0.3, -0.25) is 0 Å². The quantitative estimate of drug-likeness (QED) is 0.767. The molecule has 2 aromatic carbocycles. The van der Waals surface area contributed by atoms with Crippen LogP contribution in [-0.4, -0.2) is 30.8 Å². The van der Waals surface area contributed by atoms with Gasteiger partial charge in [0.1, 0.15) is 0 Å². The fraction of sp³-hybridized carbons (Fsp3) is 0.222. The number of aromatic amines is 1. The zero-order valence-corrected chi connectivity index (χ0v) is 14.5. The largest absolute Gasteiger partial charge is 0.358 e. The van der Waals surface area contributed by atoms with Crippen molar-refractivity contribution in [2.24, 2.45) is 0 Å². The predicted molar refractivity (Wildman–Crippen MR) is 95.9 cm³/mol. The molecule has 0 bridgehead atoms. The van der Waals surface area contributed by atoms with Crippen molar-refractivity contribution >= 4 is 32.5 Å². The molecule has 24 heavy (non-hydrogen) atoms. The molecule has 4 rings (SSSR count). The van der Waals surface area contributed by atoms with Crippen LogP contribution in [0.2, 0.25) is 5.02 Å². The lowest BCUT2D eigenvalue weighted by Crippen LogP contribution is -2.28. The van der Waals surface area contributed by atoms with Crippen molar-refractivity contribution in [1.29, 1.82) is 0 Å². The van der Waals surface area contributed by atoms with E-state index in [4.69, 9.17) is 11.6 Å². The van der Waals surface area contributed by atoms with Crippen molar-refractivity contribution in [3.63, 3.8) is 0 Å². The molecule has 1 N–H and O–H groups in total. The lowest BCUT2D eigenvalue weighted by atomic mass is 10.1. The van der Waals surface area contributed by atoms with E-state index in [0.717, 1.165) is 23.0 Å². The highest BCUT2D eigenvalue weighted by Crippen LogP contribution is 2.32. The van der Waals surface area contributed by atoms with Crippen molar-refractivity contribution in [3.8, 4) is 0 Å². The van der Waals surface area contributed by atoms with E-state index in [1.165, 1.54) is 0 Å². The first-order valence-electron chi connectivity index (χ1n) is 7.87. The van der Waals surface area contributed by atoms with Gasteiger partial charge in [0.05, 0.1) is 4.90 Å². The van der Waals surface area contributed by atoms with Gasteiger partial charge in [-0.1, -0.05) is 29.8 Å². The van der Waals surface area contributed by atoms with E-state index in [9.17, 15) is 8.42 Å². The molecule has 0 amide bonds. The van der Waals surface area contributed by atoms with Crippen LogP contribution < -0.4 is 0 Å². The number of rotatable bonds is 3. The van der Waals surface area contributed by atoms with Gasteiger partial charge in [-0.25, -0.2) is 8.42 Å². The Hall–Kier alpha value is -1.82. The van der Waals surface area contributed by atoms with Crippen LogP contribution in [0.25, 0.3) is 10.9 Å². The number of nitrogens with zero attached hydrogens (tertiary/aromatic N) is 1. The second-order valence-electron chi connectivity index (χ2n) is 6.11. The number of para-hydroxylation sites is 1. The number of fused-ring (bicyclic) bond motifs is 1. The number of sulfonamides is 1. The van der Waals surface area contributed by atoms with Crippen LogP contribution in [0, 0.1) is 0 Å². The van der Waals surface area contributed by atoms with Gasteiger partial charge in [-0.2, -0.15) is 4.31 Å². The summed E-state index contributed by atoms with van der Waals surface area (Å²) in [5.41, 5.74) is 2.19. The molecule has 1 fully saturated rings. The van der Waals surface area contributed by atoms with E-state index < -0.39 is 10.0 Å². The lowest BCUT2D eigenvalue weighted by Gasteiger charge is -2.16. The second-order valence-corrected chi connectivity index (χ2v) is 8.49. The number of halogens is 1. The molecule has 1 aliphatic heterocycles. The topological polar surface area (TPSA) is 53.2 Å². The van der Waals surface area contributed by atoms with Crippen LogP contribution in [0.15, 0.2) is 59.5 Å². The summed E-state index contributed by atoms with van der Waals surface area (Å²) in [6.07, 6.45) is 0.819. The molecule has 4 nitrogen and oxygen atoms in total. The minimum atomic E-state index is -3.47. The van der Waals surface area contributed by atoms with Crippen LogP contribution in [0.4, 0.5) is 0 Å².